The summed E-state index contributed by atoms with van der Waals surface area (Å²) in [5.41, 5.74) is 0.828. The molecule has 0 aliphatic heterocycles. The lowest BCUT2D eigenvalue weighted by Gasteiger charge is -2.02. The predicted octanol–water partition coefficient (Wildman–Crippen LogP) is 1.50. The van der Waals surface area contributed by atoms with Gasteiger partial charge in [-0.1, -0.05) is 0 Å². The van der Waals surface area contributed by atoms with Crippen molar-refractivity contribution < 1.29 is 14.6 Å². The van der Waals surface area contributed by atoms with E-state index < -0.39 is 12.0 Å². The van der Waals surface area contributed by atoms with Crippen LogP contribution in [0.5, 0.6) is 5.75 Å². The van der Waals surface area contributed by atoms with Crippen LogP contribution in [0.1, 0.15) is 5.56 Å². The van der Waals surface area contributed by atoms with Crippen LogP contribution in [0.2, 0.25) is 0 Å². The van der Waals surface area contributed by atoms with E-state index in [0.717, 1.165) is 11.3 Å². The zero-order valence-corrected chi connectivity index (χ0v) is 9.72. The number of benzene rings is 1. The lowest BCUT2D eigenvalue weighted by Crippen LogP contribution is -2.19. The molecule has 0 radical (unpaired) electrons. The summed E-state index contributed by atoms with van der Waals surface area (Å²) in [5, 5.41) is 8.75. The van der Waals surface area contributed by atoms with E-state index in [4.69, 9.17) is 9.84 Å². The summed E-state index contributed by atoms with van der Waals surface area (Å²) in [4.78, 5) is 14.6. The van der Waals surface area contributed by atoms with Crippen molar-refractivity contribution in [2.45, 2.75) is 6.04 Å². The van der Waals surface area contributed by atoms with Gasteiger partial charge in [-0.15, -0.1) is 0 Å². The van der Waals surface area contributed by atoms with Crippen molar-refractivity contribution in [2.75, 3.05) is 12.9 Å². The Hall–Kier alpha value is -1.49. The molecule has 0 fully saturated rings. The minimum atomic E-state index is -0.972. The van der Waals surface area contributed by atoms with Gasteiger partial charge in [0.2, 0.25) is 0 Å². The quantitative estimate of drug-likeness (QED) is 0.604. The maximum Gasteiger partial charge on any atom is 0.329 e. The normalized spacial score (nSPS) is 12.6. The van der Waals surface area contributed by atoms with Gasteiger partial charge in [0.1, 0.15) is 5.75 Å². The Bertz CT molecular complexity index is 375. The van der Waals surface area contributed by atoms with Crippen molar-refractivity contribution >= 4 is 24.8 Å². The second kappa shape index (κ2) is 6.17. The van der Waals surface area contributed by atoms with Gasteiger partial charge in [-0.25, -0.2) is 4.79 Å². The van der Waals surface area contributed by atoms with Crippen LogP contribution >= 0.6 is 12.6 Å². The van der Waals surface area contributed by atoms with Gasteiger partial charge in [0.05, 0.1) is 7.11 Å². The minimum absolute atomic E-state index is 0.183. The molecule has 16 heavy (non-hydrogen) atoms. The van der Waals surface area contributed by atoms with Gasteiger partial charge >= 0.3 is 5.97 Å². The summed E-state index contributed by atoms with van der Waals surface area (Å²) < 4.78 is 5.00. The van der Waals surface area contributed by atoms with Crippen LogP contribution in [0.3, 0.4) is 0 Å². The number of aliphatic imine (C=N–C) groups is 1. The van der Waals surface area contributed by atoms with E-state index in [1.165, 1.54) is 6.21 Å². The molecule has 0 aliphatic carbocycles. The van der Waals surface area contributed by atoms with Crippen LogP contribution in [0.15, 0.2) is 29.3 Å². The van der Waals surface area contributed by atoms with Gasteiger partial charge in [0.25, 0.3) is 0 Å². The zero-order valence-electron chi connectivity index (χ0n) is 8.83. The highest BCUT2D eigenvalue weighted by Crippen LogP contribution is 2.10. The fraction of sp³-hybridized carbons (Fsp3) is 0.273. The van der Waals surface area contributed by atoms with Crippen molar-refractivity contribution in [3.63, 3.8) is 0 Å². The lowest BCUT2D eigenvalue weighted by atomic mass is 10.2. The maximum absolute atomic E-state index is 10.7. The molecule has 0 aromatic heterocycles. The molecule has 1 atom stereocenters. The molecule has 0 saturated carbocycles. The van der Waals surface area contributed by atoms with Crippen molar-refractivity contribution in [1.29, 1.82) is 0 Å². The van der Waals surface area contributed by atoms with Gasteiger partial charge in [-0.3, -0.25) is 4.99 Å². The van der Waals surface area contributed by atoms with Crippen molar-refractivity contribution in [3.8, 4) is 5.75 Å². The van der Waals surface area contributed by atoms with Gasteiger partial charge < -0.3 is 9.84 Å². The molecule has 0 aliphatic rings. The van der Waals surface area contributed by atoms with Gasteiger partial charge in [0, 0.05) is 12.0 Å². The molecule has 1 aromatic rings. The molecule has 0 heterocycles. The highest BCUT2D eigenvalue weighted by molar-refractivity contribution is 7.80. The number of carboxylic acids is 1. The molecule has 0 amide bonds. The number of thiol groups is 1. The Kier molecular flexibility index (Phi) is 4.85. The number of carboxylic acid groups (broad SMARTS) is 1. The third kappa shape index (κ3) is 3.58. The molecule has 1 aromatic carbocycles. The van der Waals surface area contributed by atoms with Crippen molar-refractivity contribution in [1.82, 2.24) is 0 Å². The first kappa shape index (κ1) is 12.6. The van der Waals surface area contributed by atoms with E-state index in [9.17, 15) is 4.79 Å². The predicted molar refractivity (Wildman–Crippen MR) is 65.9 cm³/mol. The highest BCUT2D eigenvalue weighted by atomic mass is 32.1. The average molecular weight is 239 g/mol. The number of rotatable bonds is 5. The Labute approximate surface area is 99.4 Å². The molecule has 0 bridgehead atoms. The Morgan fingerprint density at radius 2 is 2.19 bits per heavy atom. The average Bonchev–Trinajstić information content (AvgIpc) is 2.30. The molecular weight excluding hydrogens is 226 g/mol. The molecule has 86 valence electrons. The first-order valence-electron chi connectivity index (χ1n) is 4.68. The van der Waals surface area contributed by atoms with Gasteiger partial charge in [-0.2, -0.15) is 12.6 Å². The molecule has 0 saturated heterocycles. The Balaban J connectivity index is 2.71. The first-order valence-corrected chi connectivity index (χ1v) is 5.31. The highest BCUT2D eigenvalue weighted by Gasteiger charge is 2.11. The van der Waals surface area contributed by atoms with Crippen molar-refractivity contribution in [2.24, 2.45) is 4.99 Å². The smallest absolute Gasteiger partial charge is 0.329 e. The molecule has 4 nitrogen and oxygen atoms in total. The number of hydrogen-bond acceptors (Lipinski definition) is 4. The lowest BCUT2D eigenvalue weighted by molar-refractivity contribution is -0.137. The van der Waals surface area contributed by atoms with E-state index in [-0.39, 0.29) is 5.75 Å². The maximum atomic E-state index is 10.7. The standard InChI is InChI=1S/C11H13NO3S/c1-15-9-4-2-8(3-5-9)6-12-10(7-16)11(13)14/h2-6,10,16H,7H2,1H3,(H,13,14). The number of methoxy groups -OCH3 is 1. The SMILES string of the molecule is COc1ccc(C=NC(CS)C(=O)O)cc1. The molecule has 1 rings (SSSR count). The zero-order chi connectivity index (χ0) is 12.0. The van der Waals surface area contributed by atoms with Gasteiger partial charge in [-0.05, 0) is 29.8 Å². The van der Waals surface area contributed by atoms with Gasteiger partial charge in [0.15, 0.2) is 6.04 Å². The van der Waals surface area contributed by atoms with Crippen molar-refractivity contribution in [3.05, 3.63) is 29.8 Å². The number of carbonyl (C=O) groups is 1. The monoisotopic (exact) mass is 239 g/mol. The van der Waals surface area contributed by atoms with E-state index in [1.54, 1.807) is 31.4 Å². The first-order chi connectivity index (χ1) is 7.67. The molecular formula is C11H13NO3S. The molecule has 1 unspecified atom stereocenters. The summed E-state index contributed by atoms with van der Waals surface area (Å²) in [6, 6.07) is 6.39. The van der Waals surface area contributed by atoms with Crippen LogP contribution in [-0.4, -0.2) is 36.2 Å². The topological polar surface area (TPSA) is 58.9 Å². The molecule has 0 spiro atoms. The summed E-state index contributed by atoms with van der Waals surface area (Å²) in [6.07, 6.45) is 1.52. The van der Waals surface area contributed by atoms with E-state index in [2.05, 4.69) is 17.6 Å². The summed E-state index contributed by atoms with van der Waals surface area (Å²) >= 11 is 3.92. The number of ether oxygens (including phenoxy) is 1. The van der Waals surface area contributed by atoms with Crippen LogP contribution in [0.4, 0.5) is 0 Å². The Morgan fingerprint density at radius 3 is 2.62 bits per heavy atom. The number of hydrogen-bond donors (Lipinski definition) is 2. The second-order valence-electron chi connectivity index (χ2n) is 3.09. The van der Waals surface area contributed by atoms with Crippen LogP contribution in [0, 0.1) is 0 Å². The van der Waals surface area contributed by atoms with Crippen LogP contribution < -0.4 is 4.74 Å². The third-order valence-electron chi connectivity index (χ3n) is 1.98. The summed E-state index contributed by atoms with van der Waals surface area (Å²) in [7, 11) is 1.59. The van der Waals surface area contributed by atoms with Crippen LogP contribution in [-0.2, 0) is 4.79 Å². The number of aliphatic carboxylic acids is 1. The van der Waals surface area contributed by atoms with E-state index in [1.807, 2.05) is 0 Å². The largest absolute Gasteiger partial charge is 0.497 e. The summed E-state index contributed by atoms with van der Waals surface area (Å²) in [5.74, 6) is -0.0389. The second-order valence-corrected chi connectivity index (χ2v) is 3.45. The summed E-state index contributed by atoms with van der Waals surface area (Å²) in [6.45, 7) is 0. The fourth-order valence-electron chi connectivity index (χ4n) is 1.06. The Morgan fingerprint density at radius 1 is 1.56 bits per heavy atom. The molecule has 5 heteroatoms. The number of nitrogens with zero attached hydrogens (tertiary/aromatic N) is 1. The molecule has 1 N–H and O–H groups in total. The van der Waals surface area contributed by atoms with E-state index in [0.29, 0.717) is 0 Å². The third-order valence-corrected chi connectivity index (χ3v) is 2.32. The fourth-order valence-corrected chi connectivity index (χ4v) is 1.31. The van der Waals surface area contributed by atoms with E-state index >= 15 is 0 Å². The minimum Gasteiger partial charge on any atom is -0.497 e. The van der Waals surface area contributed by atoms with Crippen LogP contribution in [0.25, 0.3) is 0 Å².